The zero-order valence-electron chi connectivity index (χ0n) is 9.48. The second-order valence-electron chi connectivity index (χ2n) is 4.13. The maximum Gasteiger partial charge on any atom is 0.337 e. The molecule has 1 aromatic rings. The maximum atomic E-state index is 11.0. The van der Waals surface area contributed by atoms with Gasteiger partial charge in [0.15, 0.2) is 0 Å². The summed E-state index contributed by atoms with van der Waals surface area (Å²) < 4.78 is 0. The van der Waals surface area contributed by atoms with Gasteiger partial charge in [-0.2, -0.15) is 11.8 Å². The van der Waals surface area contributed by atoms with Gasteiger partial charge < -0.3 is 16.2 Å². The van der Waals surface area contributed by atoms with Crippen molar-refractivity contribution in [1.29, 1.82) is 0 Å². The summed E-state index contributed by atoms with van der Waals surface area (Å²) in [6.07, 6.45) is 2.45. The van der Waals surface area contributed by atoms with Crippen LogP contribution in [-0.4, -0.2) is 28.6 Å². The van der Waals surface area contributed by atoms with E-state index in [9.17, 15) is 4.79 Å². The second kappa shape index (κ2) is 5.31. The average Bonchev–Trinajstić information content (AvgIpc) is 2.78. The maximum absolute atomic E-state index is 11.0. The highest BCUT2D eigenvalue weighted by atomic mass is 32.2. The van der Waals surface area contributed by atoms with Crippen LogP contribution in [-0.2, 0) is 0 Å². The van der Waals surface area contributed by atoms with E-state index in [0.717, 1.165) is 6.54 Å². The molecule has 0 saturated carbocycles. The van der Waals surface area contributed by atoms with Crippen molar-refractivity contribution in [2.45, 2.75) is 18.1 Å². The molecule has 2 rings (SSSR count). The molecule has 1 aliphatic rings. The van der Waals surface area contributed by atoms with Gasteiger partial charge in [0.25, 0.3) is 0 Å². The topological polar surface area (TPSA) is 75.4 Å². The minimum absolute atomic E-state index is 0.280. The van der Waals surface area contributed by atoms with Crippen LogP contribution in [0.3, 0.4) is 0 Å². The number of hydrogen-bond acceptors (Lipinski definition) is 4. The molecule has 0 aliphatic carbocycles. The van der Waals surface area contributed by atoms with Crippen LogP contribution < -0.4 is 11.1 Å². The molecule has 4 nitrogen and oxygen atoms in total. The second-order valence-corrected chi connectivity index (χ2v) is 5.53. The molecule has 1 unspecified atom stereocenters. The number of rotatable bonds is 4. The quantitative estimate of drug-likeness (QED) is 0.717. The number of nitrogen functional groups attached to an aromatic ring is 1. The van der Waals surface area contributed by atoms with Gasteiger partial charge in [-0.3, -0.25) is 0 Å². The fraction of sp³-hybridized carbons (Fsp3) is 0.417. The molecular weight excluding hydrogens is 236 g/mol. The van der Waals surface area contributed by atoms with Gasteiger partial charge in [0, 0.05) is 17.5 Å². The third kappa shape index (κ3) is 3.06. The summed E-state index contributed by atoms with van der Waals surface area (Å²) in [5, 5.41) is 12.8. The van der Waals surface area contributed by atoms with E-state index in [0.29, 0.717) is 16.6 Å². The first kappa shape index (κ1) is 12.1. The number of aromatic carboxylic acids is 1. The van der Waals surface area contributed by atoms with E-state index in [1.165, 1.54) is 18.6 Å². The van der Waals surface area contributed by atoms with Crippen LogP contribution in [0.1, 0.15) is 23.2 Å². The lowest BCUT2D eigenvalue weighted by atomic mass is 10.1. The normalized spacial score (nSPS) is 19.2. The SMILES string of the molecule is Nc1ccc(C(=O)O)c(NCC2CCCS2)c1. The van der Waals surface area contributed by atoms with Crippen LogP contribution in [0.5, 0.6) is 0 Å². The highest BCUT2D eigenvalue weighted by molar-refractivity contribution is 8.00. The van der Waals surface area contributed by atoms with Gasteiger partial charge in [-0.25, -0.2) is 4.79 Å². The van der Waals surface area contributed by atoms with Crippen LogP contribution >= 0.6 is 11.8 Å². The predicted molar refractivity (Wildman–Crippen MR) is 71.8 cm³/mol. The van der Waals surface area contributed by atoms with E-state index in [1.54, 1.807) is 18.2 Å². The summed E-state index contributed by atoms with van der Waals surface area (Å²) >= 11 is 1.94. The Bertz CT molecular complexity index is 417. The Morgan fingerprint density at radius 1 is 1.59 bits per heavy atom. The molecule has 17 heavy (non-hydrogen) atoms. The Hall–Kier alpha value is -1.36. The van der Waals surface area contributed by atoms with Gasteiger partial charge in [-0.1, -0.05) is 0 Å². The average molecular weight is 252 g/mol. The summed E-state index contributed by atoms with van der Waals surface area (Å²) in [4.78, 5) is 11.0. The molecule has 1 aliphatic heterocycles. The van der Waals surface area contributed by atoms with Crippen molar-refractivity contribution in [3.05, 3.63) is 23.8 Å². The Morgan fingerprint density at radius 2 is 2.41 bits per heavy atom. The number of hydrogen-bond donors (Lipinski definition) is 3. The molecule has 1 atom stereocenters. The fourth-order valence-electron chi connectivity index (χ4n) is 1.92. The molecule has 4 N–H and O–H groups in total. The first-order valence-electron chi connectivity index (χ1n) is 5.65. The Morgan fingerprint density at radius 3 is 3.06 bits per heavy atom. The van der Waals surface area contributed by atoms with Gasteiger partial charge in [-0.15, -0.1) is 0 Å². The van der Waals surface area contributed by atoms with Crippen molar-refractivity contribution in [3.63, 3.8) is 0 Å². The zero-order chi connectivity index (χ0) is 12.3. The van der Waals surface area contributed by atoms with Crippen molar-refractivity contribution < 1.29 is 9.90 Å². The van der Waals surface area contributed by atoms with E-state index < -0.39 is 5.97 Å². The zero-order valence-corrected chi connectivity index (χ0v) is 10.3. The van der Waals surface area contributed by atoms with Crippen LogP contribution in [0, 0.1) is 0 Å². The Balaban J connectivity index is 2.07. The number of carboxylic acids is 1. The fourth-order valence-corrected chi connectivity index (χ4v) is 3.12. The highest BCUT2D eigenvalue weighted by Crippen LogP contribution is 2.27. The van der Waals surface area contributed by atoms with E-state index in [2.05, 4.69) is 5.32 Å². The number of nitrogens with one attached hydrogen (secondary N) is 1. The number of carbonyl (C=O) groups is 1. The summed E-state index contributed by atoms with van der Waals surface area (Å²) in [6.45, 7) is 0.800. The summed E-state index contributed by atoms with van der Waals surface area (Å²) in [7, 11) is 0. The number of nitrogens with two attached hydrogens (primary N) is 1. The van der Waals surface area contributed by atoms with Crippen LogP contribution in [0.2, 0.25) is 0 Å². The summed E-state index contributed by atoms with van der Waals surface area (Å²) in [5.74, 6) is 0.279. The highest BCUT2D eigenvalue weighted by Gasteiger charge is 2.16. The smallest absolute Gasteiger partial charge is 0.337 e. The number of thioether (sulfide) groups is 1. The van der Waals surface area contributed by atoms with Gasteiger partial charge >= 0.3 is 5.97 Å². The lowest BCUT2D eigenvalue weighted by Crippen LogP contribution is -2.16. The van der Waals surface area contributed by atoms with Crippen LogP contribution in [0.4, 0.5) is 11.4 Å². The molecule has 92 valence electrons. The lowest BCUT2D eigenvalue weighted by Gasteiger charge is -2.13. The van der Waals surface area contributed by atoms with E-state index in [-0.39, 0.29) is 5.56 Å². The van der Waals surface area contributed by atoms with Crippen molar-refractivity contribution in [1.82, 2.24) is 0 Å². The van der Waals surface area contributed by atoms with E-state index in [4.69, 9.17) is 10.8 Å². The molecule has 5 heteroatoms. The minimum Gasteiger partial charge on any atom is -0.478 e. The molecule has 1 saturated heterocycles. The van der Waals surface area contributed by atoms with Crippen LogP contribution in [0.15, 0.2) is 18.2 Å². The third-order valence-corrected chi connectivity index (χ3v) is 4.22. The number of carboxylic acid groups (broad SMARTS) is 1. The summed E-state index contributed by atoms with van der Waals surface area (Å²) in [6, 6.07) is 4.84. The number of anilines is 2. The standard InChI is InChI=1S/C12H16N2O2S/c13-8-3-4-10(12(15)16)11(6-8)14-7-9-2-1-5-17-9/h3-4,6,9,14H,1-2,5,7,13H2,(H,15,16). The van der Waals surface area contributed by atoms with Gasteiger partial charge in [-0.05, 0) is 36.8 Å². The van der Waals surface area contributed by atoms with Gasteiger partial charge in [0.05, 0.1) is 11.3 Å². The molecule has 0 bridgehead atoms. The van der Waals surface area contributed by atoms with Crippen molar-refractivity contribution in [2.24, 2.45) is 0 Å². The molecule has 0 amide bonds. The van der Waals surface area contributed by atoms with Crippen molar-refractivity contribution in [3.8, 4) is 0 Å². The van der Waals surface area contributed by atoms with Crippen LogP contribution in [0.25, 0.3) is 0 Å². The first-order chi connectivity index (χ1) is 8.16. The van der Waals surface area contributed by atoms with Gasteiger partial charge in [0.2, 0.25) is 0 Å². The van der Waals surface area contributed by atoms with Gasteiger partial charge in [0.1, 0.15) is 0 Å². The minimum atomic E-state index is -0.924. The molecule has 0 aromatic heterocycles. The molecular formula is C12H16N2O2S. The Kier molecular flexibility index (Phi) is 3.78. The molecule has 0 spiro atoms. The third-order valence-electron chi connectivity index (χ3n) is 2.82. The molecule has 1 fully saturated rings. The Labute approximate surface area is 105 Å². The monoisotopic (exact) mass is 252 g/mol. The van der Waals surface area contributed by atoms with E-state index >= 15 is 0 Å². The van der Waals surface area contributed by atoms with E-state index in [1.807, 2.05) is 11.8 Å². The van der Waals surface area contributed by atoms with Crippen molar-refractivity contribution >= 4 is 29.1 Å². The molecule has 1 aromatic carbocycles. The van der Waals surface area contributed by atoms with Crippen molar-refractivity contribution in [2.75, 3.05) is 23.3 Å². The number of benzene rings is 1. The largest absolute Gasteiger partial charge is 0.478 e. The summed E-state index contributed by atoms with van der Waals surface area (Å²) in [5.41, 5.74) is 7.15. The first-order valence-corrected chi connectivity index (χ1v) is 6.70. The molecule has 0 radical (unpaired) electrons. The lowest BCUT2D eigenvalue weighted by molar-refractivity contribution is 0.0698. The molecule has 1 heterocycles. The predicted octanol–water partition coefficient (Wildman–Crippen LogP) is 2.27.